The van der Waals surface area contributed by atoms with E-state index in [1.807, 2.05) is 41.9 Å². The normalized spacial score (nSPS) is 16.6. The zero-order valence-electron chi connectivity index (χ0n) is 14.3. The molecule has 1 atom stereocenters. The Labute approximate surface area is 141 Å². The number of nitrogens with zero attached hydrogens (tertiary/aromatic N) is 4. The first-order valence-electron chi connectivity index (χ1n) is 8.04. The van der Waals surface area contributed by atoms with E-state index in [9.17, 15) is 9.59 Å². The summed E-state index contributed by atoms with van der Waals surface area (Å²) in [6.45, 7) is 2.97. The highest BCUT2D eigenvalue weighted by molar-refractivity contribution is 5.94. The van der Waals surface area contributed by atoms with E-state index in [4.69, 9.17) is 0 Å². The maximum Gasteiger partial charge on any atom is 0.254 e. The van der Waals surface area contributed by atoms with E-state index in [-0.39, 0.29) is 17.9 Å². The van der Waals surface area contributed by atoms with E-state index in [1.54, 1.807) is 30.1 Å². The molecule has 3 rings (SSSR count). The second kappa shape index (κ2) is 6.47. The van der Waals surface area contributed by atoms with E-state index in [1.165, 1.54) is 0 Å². The third-order valence-corrected chi connectivity index (χ3v) is 4.34. The molecule has 0 saturated carbocycles. The molecular weight excluding hydrogens is 304 g/mol. The molecule has 6 heteroatoms. The number of fused-ring (bicyclic) bond motifs is 1. The first-order valence-corrected chi connectivity index (χ1v) is 8.04. The number of amides is 2. The number of benzene rings is 1. The van der Waals surface area contributed by atoms with Gasteiger partial charge >= 0.3 is 0 Å². The van der Waals surface area contributed by atoms with Crippen LogP contribution in [-0.4, -0.2) is 52.0 Å². The summed E-state index contributed by atoms with van der Waals surface area (Å²) in [5.41, 5.74) is 2.70. The van der Waals surface area contributed by atoms with E-state index in [0.29, 0.717) is 25.1 Å². The highest BCUT2D eigenvalue weighted by Gasteiger charge is 2.30. The maximum atomic E-state index is 12.8. The van der Waals surface area contributed by atoms with Crippen LogP contribution in [0.5, 0.6) is 0 Å². The Bertz CT molecular complexity index is 766. The third-order valence-electron chi connectivity index (χ3n) is 4.34. The van der Waals surface area contributed by atoms with Gasteiger partial charge in [0.2, 0.25) is 5.91 Å². The monoisotopic (exact) mass is 326 g/mol. The molecular formula is C18H22N4O2. The Balaban J connectivity index is 1.84. The molecule has 0 aliphatic carbocycles. The minimum atomic E-state index is -0.132. The van der Waals surface area contributed by atoms with E-state index < -0.39 is 0 Å². The van der Waals surface area contributed by atoms with Crippen molar-refractivity contribution in [3.05, 3.63) is 53.3 Å². The summed E-state index contributed by atoms with van der Waals surface area (Å²) < 4.78 is 1.88. The van der Waals surface area contributed by atoms with Crippen LogP contribution in [0.3, 0.4) is 0 Å². The van der Waals surface area contributed by atoms with Gasteiger partial charge in [0.15, 0.2) is 0 Å². The fourth-order valence-corrected chi connectivity index (χ4v) is 3.04. The van der Waals surface area contributed by atoms with Gasteiger partial charge in [-0.05, 0) is 25.1 Å². The maximum absolute atomic E-state index is 12.8. The number of hydrogen-bond donors (Lipinski definition) is 0. The first-order chi connectivity index (χ1) is 11.5. The summed E-state index contributed by atoms with van der Waals surface area (Å²) in [5.74, 6) is 0.0276. The lowest BCUT2D eigenvalue weighted by Gasteiger charge is -2.34. The van der Waals surface area contributed by atoms with Gasteiger partial charge in [-0.25, -0.2) is 0 Å². The van der Waals surface area contributed by atoms with Crippen molar-refractivity contribution in [3.63, 3.8) is 0 Å². The highest BCUT2D eigenvalue weighted by Crippen LogP contribution is 2.25. The summed E-state index contributed by atoms with van der Waals surface area (Å²) in [6, 6.07) is 9.37. The van der Waals surface area contributed by atoms with Crippen LogP contribution < -0.4 is 0 Å². The number of aromatic nitrogens is 2. The van der Waals surface area contributed by atoms with E-state index in [2.05, 4.69) is 5.10 Å². The van der Waals surface area contributed by atoms with Crippen LogP contribution in [0.2, 0.25) is 0 Å². The molecule has 2 aromatic rings. The van der Waals surface area contributed by atoms with E-state index in [0.717, 1.165) is 11.3 Å². The van der Waals surface area contributed by atoms with Crippen LogP contribution in [0, 0.1) is 6.92 Å². The minimum Gasteiger partial charge on any atom is -0.349 e. The van der Waals surface area contributed by atoms with Crippen molar-refractivity contribution < 1.29 is 9.59 Å². The Morgan fingerprint density at radius 2 is 2.08 bits per heavy atom. The quantitative estimate of drug-likeness (QED) is 0.865. The Hall–Kier alpha value is -2.63. The fourth-order valence-electron chi connectivity index (χ4n) is 3.04. The van der Waals surface area contributed by atoms with Gasteiger partial charge in [-0.3, -0.25) is 14.3 Å². The van der Waals surface area contributed by atoms with Gasteiger partial charge in [0.25, 0.3) is 5.91 Å². The van der Waals surface area contributed by atoms with Crippen LogP contribution >= 0.6 is 0 Å². The van der Waals surface area contributed by atoms with Gasteiger partial charge in [-0.15, -0.1) is 0 Å². The molecule has 0 unspecified atom stereocenters. The third kappa shape index (κ3) is 3.18. The van der Waals surface area contributed by atoms with Gasteiger partial charge in [-0.1, -0.05) is 17.7 Å². The number of rotatable bonds is 3. The Morgan fingerprint density at radius 3 is 2.79 bits per heavy atom. The number of carbonyl (C=O) groups is 2. The average molecular weight is 326 g/mol. The SMILES string of the molecule is Cc1cccc(C(=O)N2Cc3ccnn3[C@H](CC(=O)N(C)C)C2)c1. The van der Waals surface area contributed by atoms with Crippen molar-refractivity contribution in [1.82, 2.24) is 19.6 Å². The van der Waals surface area contributed by atoms with Gasteiger partial charge in [0, 0.05) is 32.4 Å². The van der Waals surface area contributed by atoms with Crippen molar-refractivity contribution in [2.45, 2.75) is 25.9 Å². The van der Waals surface area contributed by atoms with E-state index >= 15 is 0 Å². The largest absolute Gasteiger partial charge is 0.349 e. The molecule has 0 saturated heterocycles. The van der Waals surface area contributed by atoms with Crippen molar-refractivity contribution in [1.29, 1.82) is 0 Å². The molecule has 0 radical (unpaired) electrons. The molecule has 2 heterocycles. The second-order valence-corrected chi connectivity index (χ2v) is 6.47. The minimum absolute atomic E-state index is 0.00606. The molecule has 1 aliphatic heterocycles. The molecule has 24 heavy (non-hydrogen) atoms. The number of carbonyl (C=O) groups excluding carboxylic acids is 2. The van der Waals surface area contributed by atoms with Crippen LogP contribution in [0.4, 0.5) is 0 Å². The molecule has 1 aliphatic rings. The molecule has 6 nitrogen and oxygen atoms in total. The van der Waals surface area contributed by atoms with Crippen LogP contribution in [0.25, 0.3) is 0 Å². The van der Waals surface area contributed by atoms with Crippen molar-refractivity contribution in [2.24, 2.45) is 0 Å². The predicted molar refractivity (Wildman–Crippen MR) is 90.5 cm³/mol. The molecule has 0 bridgehead atoms. The van der Waals surface area contributed by atoms with Crippen LogP contribution in [-0.2, 0) is 11.3 Å². The summed E-state index contributed by atoms with van der Waals surface area (Å²) in [4.78, 5) is 28.3. The van der Waals surface area contributed by atoms with Crippen LogP contribution in [0.1, 0.15) is 34.1 Å². The summed E-state index contributed by atoms with van der Waals surface area (Å²) in [6.07, 6.45) is 2.06. The zero-order valence-corrected chi connectivity index (χ0v) is 14.3. The molecule has 2 amide bonds. The van der Waals surface area contributed by atoms with Gasteiger partial charge in [-0.2, -0.15) is 5.10 Å². The lowest BCUT2D eigenvalue weighted by atomic mass is 10.1. The summed E-state index contributed by atoms with van der Waals surface area (Å²) in [5, 5.41) is 4.34. The van der Waals surface area contributed by atoms with Crippen molar-refractivity contribution in [3.8, 4) is 0 Å². The average Bonchev–Trinajstić information content (AvgIpc) is 3.02. The van der Waals surface area contributed by atoms with Crippen molar-refractivity contribution >= 4 is 11.8 Å². The summed E-state index contributed by atoms with van der Waals surface area (Å²) >= 11 is 0. The van der Waals surface area contributed by atoms with Gasteiger partial charge < -0.3 is 9.80 Å². The molecule has 1 aromatic heterocycles. The van der Waals surface area contributed by atoms with Crippen LogP contribution in [0.15, 0.2) is 36.5 Å². The lowest BCUT2D eigenvalue weighted by molar-refractivity contribution is -0.129. The summed E-state index contributed by atoms with van der Waals surface area (Å²) in [7, 11) is 3.48. The molecule has 0 fully saturated rings. The molecule has 1 aromatic carbocycles. The standard InChI is InChI=1S/C18H22N4O2/c1-13-5-4-6-14(9-13)18(24)21-11-15-7-8-19-22(15)16(12-21)10-17(23)20(2)3/h4-9,16H,10-12H2,1-3H3/t16-/m1/s1. The molecule has 0 N–H and O–H groups in total. The molecule has 126 valence electrons. The number of hydrogen-bond acceptors (Lipinski definition) is 3. The Morgan fingerprint density at radius 1 is 1.29 bits per heavy atom. The smallest absolute Gasteiger partial charge is 0.254 e. The number of aryl methyl sites for hydroxylation is 1. The predicted octanol–water partition coefficient (Wildman–Crippen LogP) is 1.87. The Kier molecular flexibility index (Phi) is 4.38. The zero-order chi connectivity index (χ0) is 17.3. The lowest BCUT2D eigenvalue weighted by Crippen LogP contribution is -2.42. The second-order valence-electron chi connectivity index (χ2n) is 6.47. The first kappa shape index (κ1) is 16.2. The molecule has 0 spiro atoms. The van der Waals surface area contributed by atoms with Crippen molar-refractivity contribution in [2.75, 3.05) is 20.6 Å². The fraction of sp³-hybridized carbons (Fsp3) is 0.389. The highest BCUT2D eigenvalue weighted by atomic mass is 16.2. The van der Waals surface area contributed by atoms with Gasteiger partial charge in [0.05, 0.1) is 24.7 Å². The van der Waals surface area contributed by atoms with Gasteiger partial charge in [0.1, 0.15) is 0 Å². The topological polar surface area (TPSA) is 58.4 Å².